The highest BCUT2D eigenvalue weighted by Crippen LogP contribution is 2.32. The Labute approximate surface area is 204 Å². The molecule has 2 aromatic rings. The normalized spacial score (nSPS) is 17.3. The van der Waals surface area contributed by atoms with Crippen molar-refractivity contribution in [3.63, 3.8) is 0 Å². The van der Waals surface area contributed by atoms with Crippen molar-refractivity contribution >= 4 is 58.3 Å². The van der Waals surface area contributed by atoms with Crippen molar-refractivity contribution < 1.29 is 24.0 Å². The molecule has 0 atom stereocenters. The van der Waals surface area contributed by atoms with Gasteiger partial charge in [-0.15, -0.1) is 0 Å². The van der Waals surface area contributed by atoms with Crippen LogP contribution in [0.15, 0.2) is 53.4 Å². The van der Waals surface area contributed by atoms with E-state index >= 15 is 0 Å². The summed E-state index contributed by atoms with van der Waals surface area (Å²) in [6.45, 7) is 0.331. The molecule has 1 N–H and O–H groups in total. The maximum Gasteiger partial charge on any atom is 0.293 e. The Hall–Kier alpha value is -3.43. The van der Waals surface area contributed by atoms with Crippen LogP contribution in [-0.2, 0) is 20.9 Å². The SMILES string of the molecule is O=C(NCCN1C(=O)S/C(=C\c2ccc(Cl)cc2)C1=O)c1ccc(CN2C(=O)CCC2=O)cc1. The second-order valence-corrected chi connectivity index (χ2v) is 9.14. The summed E-state index contributed by atoms with van der Waals surface area (Å²) >= 11 is 6.72. The van der Waals surface area contributed by atoms with Gasteiger partial charge in [-0.25, -0.2) is 0 Å². The zero-order chi connectivity index (χ0) is 24.2. The van der Waals surface area contributed by atoms with Gasteiger partial charge >= 0.3 is 0 Å². The number of hydrogen-bond acceptors (Lipinski definition) is 6. The molecule has 0 unspecified atom stereocenters. The lowest BCUT2D eigenvalue weighted by Gasteiger charge is -2.14. The summed E-state index contributed by atoms with van der Waals surface area (Å²) in [6.07, 6.45) is 2.10. The number of thioether (sulfide) groups is 1. The number of halogens is 1. The molecule has 2 aliphatic heterocycles. The van der Waals surface area contributed by atoms with Crippen molar-refractivity contribution in [2.75, 3.05) is 13.1 Å². The minimum atomic E-state index is -0.408. The highest BCUT2D eigenvalue weighted by atomic mass is 35.5. The summed E-state index contributed by atoms with van der Waals surface area (Å²) < 4.78 is 0. The molecule has 174 valence electrons. The predicted octanol–water partition coefficient (Wildman–Crippen LogP) is 3.46. The standard InChI is InChI=1S/C24H20ClN3O5S/c25-18-7-3-15(4-8-18)13-19-23(32)27(24(33)34-19)12-11-26-22(31)17-5-1-16(2-6-17)14-28-20(29)9-10-21(28)30/h1-8,13H,9-12,14H2,(H,26,31)/b19-13-. The molecule has 34 heavy (non-hydrogen) atoms. The molecule has 0 aromatic heterocycles. The third kappa shape index (κ3) is 5.37. The minimum absolute atomic E-state index is 0.0473. The van der Waals surface area contributed by atoms with Crippen molar-refractivity contribution in [3.8, 4) is 0 Å². The highest BCUT2D eigenvalue weighted by molar-refractivity contribution is 8.18. The maximum absolute atomic E-state index is 12.6. The Balaban J connectivity index is 1.29. The summed E-state index contributed by atoms with van der Waals surface area (Å²) in [5.74, 6) is -1.15. The lowest BCUT2D eigenvalue weighted by Crippen LogP contribution is -2.37. The molecule has 2 heterocycles. The van der Waals surface area contributed by atoms with Gasteiger partial charge in [-0.3, -0.25) is 33.8 Å². The first-order valence-corrected chi connectivity index (χ1v) is 11.7. The summed E-state index contributed by atoms with van der Waals surface area (Å²) in [7, 11) is 0. The van der Waals surface area contributed by atoms with Gasteiger partial charge in [0.05, 0.1) is 11.4 Å². The molecular weight excluding hydrogens is 478 g/mol. The van der Waals surface area contributed by atoms with E-state index in [0.717, 1.165) is 27.8 Å². The van der Waals surface area contributed by atoms with Crippen molar-refractivity contribution in [2.24, 2.45) is 0 Å². The highest BCUT2D eigenvalue weighted by Gasteiger charge is 2.34. The number of nitrogens with one attached hydrogen (secondary N) is 1. The van der Waals surface area contributed by atoms with E-state index in [2.05, 4.69) is 5.32 Å². The Morgan fingerprint density at radius 1 is 0.941 bits per heavy atom. The number of likely N-dealkylation sites (tertiary alicyclic amines) is 1. The molecule has 5 amide bonds. The fraction of sp³-hybridized carbons (Fsp3) is 0.208. The number of carbonyl (C=O) groups is 5. The van der Waals surface area contributed by atoms with Crippen molar-refractivity contribution in [1.29, 1.82) is 0 Å². The average Bonchev–Trinajstić information content (AvgIpc) is 3.28. The van der Waals surface area contributed by atoms with Gasteiger partial charge in [0, 0.05) is 36.5 Å². The molecule has 2 fully saturated rings. The molecule has 10 heteroatoms. The van der Waals surface area contributed by atoms with E-state index in [-0.39, 0.29) is 50.2 Å². The minimum Gasteiger partial charge on any atom is -0.350 e. The third-order valence-electron chi connectivity index (χ3n) is 5.37. The summed E-state index contributed by atoms with van der Waals surface area (Å²) in [6, 6.07) is 13.5. The molecule has 0 radical (unpaired) electrons. The first-order valence-electron chi connectivity index (χ1n) is 10.5. The fourth-order valence-corrected chi connectivity index (χ4v) is 4.52. The van der Waals surface area contributed by atoms with E-state index in [1.54, 1.807) is 54.6 Å². The second-order valence-electron chi connectivity index (χ2n) is 7.71. The monoisotopic (exact) mass is 497 g/mol. The van der Waals surface area contributed by atoms with Gasteiger partial charge in [-0.2, -0.15) is 0 Å². The van der Waals surface area contributed by atoms with Crippen LogP contribution in [0.5, 0.6) is 0 Å². The van der Waals surface area contributed by atoms with Crippen molar-refractivity contribution in [3.05, 3.63) is 75.1 Å². The van der Waals surface area contributed by atoms with Gasteiger partial charge in [0.15, 0.2) is 0 Å². The molecule has 2 aliphatic rings. The predicted molar refractivity (Wildman–Crippen MR) is 128 cm³/mol. The van der Waals surface area contributed by atoms with Crippen LogP contribution in [0, 0.1) is 0 Å². The number of nitrogens with zero attached hydrogens (tertiary/aromatic N) is 2. The van der Waals surface area contributed by atoms with Crippen LogP contribution < -0.4 is 5.32 Å². The maximum atomic E-state index is 12.6. The van der Waals surface area contributed by atoms with Gasteiger partial charge in [0.1, 0.15) is 0 Å². The van der Waals surface area contributed by atoms with Gasteiger partial charge in [-0.05, 0) is 53.2 Å². The number of rotatable bonds is 7. The summed E-state index contributed by atoms with van der Waals surface area (Å²) in [5, 5.41) is 2.88. The molecule has 0 spiro atoms. The van der Waals surface area contributed by atoms with E-state index < -0.39 is 11.1 Å². The lowest BCUT2D eigenvalue weighted by atomic mass is 10.1. The fourth-order valence-electron chi connectivity index (χ4n) is 3.53. The first-order chi connectivity index (χ1) is 16.3. The molecule has 4 rings (SSSR count). The van der Waals surface area contributed by atoms with Crippen LogP contribution in [0.3, 0.4) is 0 Å². The third-order valence-corrected chi connectivity index (χ3v) is 6.53. The molecule has 0 aliphatic carbocycles. The number of amides is 5. The van der Waals surface area contributed by atoms with E-state index in [0.29, 0.717) is 15.5 Å². The zero-order valence-corrected chi connectivity index (χ0v) is 19.5. The summed E-state index contributed by atoms with van der Waals surface area (Å²) in [4.78, 5) is 63.4. The van der Waals surface area contributed by atoms with Crippen LogP contribution in [0.4, 0.5) is 4.79 Å². The van der Waals surface area contributed by atoms with Crippen molar-refractivity contribution in [1.82, 2.24) is 15.1 Å². The number of hydrogen-bond donors (Lipinski definition) is 1. The van der Waals surface area contributed by atoms with Crippen LogP contribution in [0.1, 0.15) is 34.3 Å². The Morgan fingerprint density at radius 3 is 2.24 bits per heavy atom. The van der Waals surface area contributed by atoms with Gasteiger partial charge in [0.25, 0.3) is 17.1 Å². The number of imide groups is 2. The van der Waals surface area contributed by atoms with E-state index in [4.69, 9.17) is 11.6 Å². The average molecular weight is 498 g/mol. The Bertz CT molecular complexity index is 1180. The molecule has 8 nitrogen and oxygen atoms in total. The van der Waals surface area contributed by atoms with Crippen LogP contribution in [0.2, 0.25) is 5.02 Å². The molecular formula is C24H20ClN3O5S. The van der Waals surface area contributed by atoms with Gasteiger partial charge < -0.3 is 5.32 Å². The van der Waals surface area contributed by atoms with Crippen molar-refractivity contribution in [2.45, 2.75) is 19.4 Å². The zero-order valence-electron chi connectivity index (χ0n) is 18.0. The topological polar surface area (TPSA) is 104 Å². The largest absolute Gasteiger partial charge is 0.350 e. The van der Waals surface area contributed by atoms with Crippen LogP contribution in [0.25, 0.3) is 6.08 Å². The molecule has 0 bridgehead atoms. The summed E-state index contributed by atoms with van der Waals surface area (Å²) in [5.41, 5.74) is 1.88. The van der Waals surface area contributed by atoms with E-state index in [9.17, 15) is 24.0 Å². The van der Waals surface area contributed by atoms with Gasteiger partial charge in [0.2, 0.25) is 11.8 Å². The number of carbonyl (C=O) groups excluding carboxylic acids is 5. The number of benzene rings is 2. The first kappa shape index (κ1) is 23.7. The quantitative estimate of drug-likeness (QED) is 0.464. The Kier molecular flexibility index (Phi) is 7.14. The second kappa shape index (κ2) is 10.2. The molecule has 2 saturated heterocycles. The molecule has 2 aromatic carbocycles. The van der Waals surface area contributed by atoms with Crippen LogP contribution in [-0.4, -0.2) is 51.8 Å². The van der Waals surface area contributed by atoms with E-state index in [1.165, 1.54) is 4.90 Å². The van der Waals surface area contributed by atoms with E-state index in [1.807, 2.05) is 0 Å². The Morgan fingerprint density at radius 2 is 1.59 bits per heavy atom. The van der Waals surface area contributed by atoms with Gasteiger partial charge in [-0.1, -0.05) is 35.9 Å². The van der Waals surface area contributed by atoms with Crippen LogP contribution >= 0.6 is 23.4 Å². The lowest BCUT2D eigenvalue weighted by molar-refractivity contribution is -0.139. The smallest absolute Gasteiger partial charge is 0.293 e. The molecule has 0 saturated carbocycles.